The lowest BCUT2D eigenvalue weighted by Crippen LogP contribution is -2.80. The molecular formula is C35H44O12. The first-order valence-electron chi connectivity index (χ1n) is 15.9. The largest absolute Gasteiger partial charge is 0.462 e. The Bertz CT molecular complexity index is 1480. The van der Waals surface area contributed by atoms with E-state index in [1.54, 1.807) is 44.2 Å². The Balaban J connectivity index is 1.83. The van der Waals surface area contributed by atoms with Gasteiger partial charge in [-0.05, 0) is 42.0 Å². The molecule has 47 heavy (non-hydrogen) atoms. The summed E-state index contributed by atoms with van der Waals surface area (Å²) in [5.74, 6) is -4.80. The predicted octanol–water partition coefficient (Wildman–Crippen LogP) is 3.47. The molecule has 0 amide bonds. The summed E-state index contributed by atoms with van der Waals surface area (Å²) in [7, 11) is 0. The minimum atomic E-state index is -1.61. The Morgan fingerprint density at radius 2 is 1.45 bits per heavy atom. The molecule has 3 aliphatic carbocycles. The van der Waals surface area contributed by atoms with E-state index in [1.165, 1.54) is 27.7 Å². The highest BCUT2D eigenvalue weighted by Crippen LogP contribution is 2.64. The number of rotatable bonds is 6. The van der Waals surface area contributed by atoms with Crippen LogP contribution in [-0.4, -0.2) is 83.8 Å². The van der Waals surface area contributed by atoms with Gasteiger partial charge in [-0.15, -0.1) is 0 Å². The fourth-order valence-electron chi connectivity index (χ4n) is 8.90. The molecule has 10 atom stereocenters. The minimum absolute atomic E-state index is 0.0469. The number of ether oxygens (including phenoxy) is 6. The van der Waals surface area contributed by atoms with Crippen LogP contribution in [0, 0.1) is 22.7 Å². The van der Waals surface area contributed by atoms with E-state index >= 15 is 0 Å². The highest BCUT2D eigenvalue weighted by Gasteiger charge is 2.76. The van der Waals surface area contributed by atoms with Gasteiger partial charge >= 0.3 is 29.8 Å². The first-order chi connectivity index (χ1) is 21.9. The third kappa shape index (κ3) is 5.73. The van der Waals surface area contributed by atoms with Crippen LogP contribution >= 0.6 is 0 Å². The van der Waals surface area contributed by atoms with Crippen LogP contribution in [0.4, 0.5) is 0 Å². The Morgan fingerprint density at radius 1 is 0.830 bits per heavy atom. The van der Waals surface area contributed by atoms with E-state index in [0.29, 0.717) is 11.1 Å². The van der Waals surface area contributed by atoms with Gasteiger partial charge in [-0.1, -0.05) is 39.0 Å². The molecule has 5 rings (SSSR count). The molecule has 256 valence electrons. The van der Waals surface area contributed by atoms with Gasteiger partial charge in [0.25, 0.3) is 0 Å². The average molecular weight is 657 g/mol. The molecule has 1 N–H and O–H groups in total. The van der Waals surface area contributed by atoms with Gasteiger partial charge in [0.05, 0.1) is 18.1 Å². The van der Waals surface area contributed by atoms with Gasteiger partial charge in [-0.25, -0.2) is 4.79 Å². The molecule has 0 unspecified atom stereocenters. The number of carbonyl (C=O) groups excluding carboxylic acids is 5. The second-order valence-electron chi connectivity index (χ2n) is 14.0. The van der Waals surface area contributed by atoms with E-state index in [0.717, 1.165) is 0 Å². The van der Waals surface area contributed by atoms with Crippen LogP contribution in [-0.2, 0) is 47.6 Å². The lowest BCUT2D eigenvalue weighted by molar-refractivity contribution is -0.355. The number of hydrogen-bond acceptors (Lipinski definition) is 12. The molecule has 2 saturated carbocycles. The van der Waals surface area contributed by atoms with Crippen molar-refractivity contribution in [2.24, 2.45) is 22.7 Å². The minimum Gasteiger partial charge on any atom is -0.462 e. The Kier molecular flexibility index (Phi) is 9.08. The molecule has 1 aromatic carbocycles. The number of hydrogen-bond donors (Lipinski definition) is 1. The van der Waals surface area contributed by atoms with Crippen molar-refractivity contribution in [3.8, 4) is 0 Å². The monoisotopic (exact) mass is 656 g/mol. The quantitative estimate of drug-likeness (QED) is 0.270. The first-order valence-corrected chi connectivity index (χ1v) is 15.9. The van der Waals surface area contributed by atoms with Crippen molar-refractivity contribution in [1.29, 1.82) is 0 Å². The normalized spacial score (nSPS) is 37.0. The summed E-state index contributed by atoms with van der Waals surface area (Å²) < 4.78 is 36.3. The number of carbonyl (C=O) groups is 5. The summed E-state index contributed by atoms with van der Waals surface area (Å²) in [6, 6.07) is 8.30. The van der Waals surface area contributed by atoms with Gasteiger partial charge in [-0.2, -0.15) is 0 Å². The van der Waals surface area contributed by atoms with Gasteiger partial charge < -0.3 is 33.5 Å². The van der Waals surface area contributed by atoms with Crippen molar-refractivity contribution in [3.05, 3.63) is 47.0 Å². The van der Waals surface area contributed by atoms with E-state index in [-0.39, 0.29) is 25.0 Å². The Morgan fingerprint density at radius 3 is 1.98 bits per heavy atom. The van der Waals surface area contributed by atoms with Crippen LogP contribution < -0.4 is 0 Å². The van der Waals surface area contributed by atoms with Crippen molar-refractivity contribution in [2.75, 3.05) is 6.61 Å². The van der Waals surface area contributed by atoms with Crippen molar-refractivity contribution in [3.63, 3.8) is 0 Å². The molecule has 12 nitrogen and oxygen atoms in total. The summed E-state index contributed by atoms with van der Waals surface area (Å²) in [5.41, 5.74) is -2.59. The zero-order valence-corrected chi connectivity index (χ0v) is 28.1. The van der Waals surface area contributed by atoms with Crippen LogP contribution in [0.2, 0.25) is 0 Å². The number of benzene rings is 1. The van der Waals surface area contributed by atoms with Gasteiger partial charge in [0.2, 0.25) is 0 Å². The third-order valence-electron chi connectivity index (χ3n) is 10.8. The lowest BCUT2D eigenvalue weighted by Gasteiger charge is -2.67. The molecule has 4 aliphatic rings. The maximum absolute atomic E-state index is 13.8. The molecule has 1 aromatic rings. The molecule has 12 heteroatoms. The molecule has 2 bridgehead atoms. The fraction of sp³-hybridized carbons (Fsp3) is 0.629. The van der Waals surface area contributed by atoms with Crippen molar-refractivity contribution in [2.45, 2.75) is 110 Å². The van der Waals surface area contributed by atoms with Crippen LogP contribution in [0.3, 0.4) is 0 Å². The maximum Gasteiger partial charge on any atom is 0.338 e. The SMILES string of the molecule is CC(=O)O[C@@H]1[C@@H]2C[C@@H](OC(C)=O)C(C)=C([C@@H](OC(=O)c3ccccc3)[C@@H](O)[C@@]3(C)[C@H](OC(C)=O)C[C@H]4OC[C@@]4(OC(C)=O)[C@H]13)C2(C)C. The van der Waals surface area contributed by atoms with Crippen LogP contribution in [0.25, 0.3) is 0 Å². The smallest absolute Gasteiger partial charge is 0.338 e. The fourth-order valence-corrected chi connectivity index (χ4v) is 8.90. The number of fused-ring (bicyclic) bond motifs is 5. The third-order valence-corrected chi connectivity index (χ3v) is 10.8. The van der Waals surface area contributed by atoms with Gasteiger partial charge in [0, 0.05) is 45.4 Å². The highest BCUT2D eigenvalue weighted by molar-refractivity contribution is 5.89. The van der Waals surface area contributed by atoms with E-state index in [2.05, 4.69) is 0 Å². The van der Waals surface area contributed by atoms with Crippen molar-refractivity contribution < 1.29 is 57.5 Å². The van der Waals surface area contributed by atoms with Crippen LogP contribution in [0.5, 0.6) is 0 Å². The zero-order valence-electron chi connectivity index (χ0n) is 28.1. The van der Waals surface area contributed by atoms with Gasteiger partial charge in [0.15, 0.2) is 11.7 Å². The van der Waals surface area contributed by atoms with E-state index in [4.69, 9.17) is 28.4 Å². The summed E-state index contributed by atoms with van der Waals surface area (Å²) >= 11 is 0. The maximum atomic E-state index is 13.8. The summed E-state index contributed by atoms with van der Waals surface area (Å²) in [6.45, 7) is 12.2. The standard InChI is InChI=1S/C35H44O12/c1-17-24(43-18(2)36)14-23-28(45-20(4)38)30-34(8,25(44-19(3)37)15-26-35(30,16-42-26)47-21(5)39)31(40)29(27(17)33(23,6)7)46-32(41)22-12-10-9-11-13-22/h9-13,23-26,28-31,40H,14-16H2,1-8H3/t23-,24+,25+,26+,28+,29+,30+,31+,34-,35-/m0/s1. The Hall–Kier alpha value is -3.77. The zero-order chi connectivity index (χ0) is 34.6. The topological polar surface area (TPSA) is 161 Å². The molecule has 3 fully saturated rings. The molecule has 0 radical (unpaired) electrons. The summed E-state index contributed by atoms with van der Waals surface area (Å²) in [6.07, 6.45) is -6.43. The molecule has 1 saturated heterocycles. The highest BCUT2D eigenvalue weighted by atomic mass is 16.6. The van der Waals surface area contributed by atoms with E-state index in [9.17, 15) is 29.1 Å². The number of esters is 5. The first kappa shape index (κ1) is 34.6. The van der Waals surface area contributed by atoms with Gasteiger partial charge in [0.1, 0.15) is 30.5 Å². The van der Waals surface area contributed by atoms with E-state index < -0.39 is 94.7 Å². The second-order valence-corrected chi connectivity index (χ2v) is 14.0. The lowest BCUT2D eigenvalue weighted by atomic mass is 9.45. The molecule has 0 aromatic heterocycles. The molecule has 1 heterocycles. The van der Waals surface area contributed by atoms with Crippen molar-refractivity contribution in [1.82, 2.24) is 0 Å². The molecule has 1 aliphatic heterocycles. The van der Waals surface area contributed by atoms with Gasteiger partial charge in [-0.3, -0.25) is 19.2 Å². The summed E-state index contributed by atoms with van der Waals surface area (Å²) in [4.78, 5) is 64.5. The predicted molar refractivity (Wildman–Crippen MR) is 163 cm³/mol. The molecular weight excluding hydrogens is 612 g/mol. The van der Waals surface area contributed by atoms with Crippen LogP contribution in [0.15, 0.2) is 41.5 Å². The summed E-state index contributed by atoms with van der Waals surface area (Å²) in [5, 5.41) is 12.8. The second kappa shape index (κ2) is 12.4. The number of aliphatic hydroxyl groups excluding tert-OH is 1. The van der Waals surface area contributed by atoms with Crippen LogP contribution in [0.1, 0.15) is 78.6 Å². The van der Waals surface area contributed by atoms with Crippen molar-refractivity contribution >= 4 is 29.8 Å². The average Bonchev–Trinajstić information content (AvgIpc) is 2.96. The molecule has 0 spiro atoms. The van der Waals surface area contributed by atoms with E-state index in [1.807, 2.05) is 13.8 Å². The number of aliphatic hydroxyl groups is 1. The Labute approximate surface area is 274 Å².